The zero-order valence-electron chi connectivity index (χ0n) is 10.2. The van der Waals surface area contributed by atoms with Crippen molar-refractivity contribution in [3.8, 4) is 0 Å². The lowest BCUT2D eigenvalue weighted by atomic mass is 9.76. The summed E-state index contributed by atoms with van der Waals surface area (Å²) in [6.45, 7) is 7.75. The van der Waals surface area contributed by atoms with E-state index in [-0.39, 0.29) is 18.2 Å². The van der Waals surface area contributed by atoms with Gasteiger partial charge in [-0.1, -0.05) is 13.8 Å². The maximum Gasteiger partial charge on any atom is 0.310 e. The Morgan fingerprint density at radius 1 is 1.40 bits per heavy atom. The van der Waals surface area contributed by atoms with Gasteiger partial charge in [0, 0.05) is 20.0 Å². The van der Waals surface area contributed by atoms with Gasteiger partial charge in [0.05, 0.1) is 5.41 Å². The highest BCUT2D eigenvalue weighted by Gasteiger charge is 2.39. The molecule has 1 unspecified atom stereocenters. The first-order chi connectivity index (χ1) is 6.75. The molecule has 0 aliphatic heterocycles. The Morgan fingerprint density at radius 2 is 1.87 bits per heavy atom. The van der Waals surface area contributed by atoms with Gasteiger partial charge in [-0.2, -0.15) is 0 Å². The SMILES string of the molecule is CCN(C)C(=O)CC(C)(C(=O)O)C(C)C. The molecule has 1 N–H and O–H groups in total. The molecule has 0 saturated carbocycles. The van der Waals surface area contributed by atoms with E-state index in [0.29, 0.717) is 6.54 Å². The minimum atomic E-state index is -0.972. The van der Waals surface area contributed by atoms with Crippen molar-refractivity contribution in [1.29, 1.82) is 0 Å². The van der Waals surface area contributed by atoms with Crippen molar-refractivity contribution in [3.05, 3.63) is 0 Å². The average Bonchev–Trinajstić information content (AvgIpc) is 2.15. The lowest BCUT2D eigenvalue weighted by molar-refractivity contribution is -0.155. The van der Waals surface area contributed by atoms with Crippen molar-refractivity contribution >= 4 is 11.9 Å². The van der Waals surface area contributed by atoms with E-state index in [4.69, 9.17) is 5.11 Å². The summed E-state index contributed by atoms with van der Waals surface area (Å²) in [5.41, 5.74) is -0.972. The summed E-state index contributed by atoms with van der Waals surface area (Å²) in [6.07, 6.45) is 0.0599. The number of aliphatic carboxylic acids is 1. The fourth-order valence-corrected chi connectivity index (χ4v) is 1.15. The van der Waals surface area contributed by atoms with Gasteiger partial charge in [0.2, 0.25) is 5.91 Å². The molecular weight excluding hydrogens is 194 g/mol. The molecule has 0 aromatic rings. The third kappa shape index (κ3) is 3.22. The van der Waals surface area contributed by atoms with Crippen LogP contribution in [-0.2, 0) is 9.59 Å². The Morgan fingerprint density at radius 3 is 2.13 bits per heavy atom. The molecule has 1 amide bonds. The van der Waals surface area contributed by atoms with Crippen molar-refractivity contribution in [2.75, 3.05) is 13.6 Å². The molecule has 1 atom stereocenters. The molecule has 4 heteroatoms. The van der Waals surface area contributed by atoms with Crippen LogP contribution in [-0.4, -0.2) is 35.5 Å². The molecule has 0 saturated heterocycles. The Labute approximate surface area is 91.3 Å². The number of carbonyl (C=O) groups is 2. The fourth-order valence-electron chi connectivity index (χ4n) is 1.15. The van der Waals surface area contributed by atoms with E-state index < -0.39 is 11.4 Å². The van der Waals surface area contributed by atoms with Gasteiger partial charge in [-0.3, -0.25) is 9.59 Å². The summed E-state index contributed by atoms with van der Waals surface area (Å²) in [4.78, 5) is 24.3. The van der Waals surface area contributed by atoms with Gasteiger partial charge in [-0.15, -0.1) is 0 Å². The van der Waals surface area contributed by atoms with Crippen molar-refractivity contribution in [2.24, 2.45) is 11.3 Å². The van der Waals surface area contributed by atoms with E-state index in [2.05, 4.69) is 0 Å². The topological polar surface area (TPSA) is 57.6 Å². The molecule has 15 heavy (non-hydrogen) atoms. The molecule has 0 aromatic heterocycles. The minimum absolute atomic E-state index is 0.0599. The standard InChI is InChI=1S/C11H21NO3/c1-6-12(5)9(13)7-11(4,8(2)3)10(14)15/h8H,6-7H2,1-5H3,(H,14,15). The maximum atomic E-state index is 11.7. The van der Waals surface area contributed by atoms with Crippen LogP contribution in [0, 0.1) is 11.3 Å². The van der Waals surface area contributed by atoms with E-state index in [0.717, 1.165) is 0 Å². The number of carboxylic acid groups (broad SMARTS) is 1. The van der Waals surface area contributed by atoms with Crippen LogP contribution in [0.4, 0.5) is 0 Å². The number of hydrogen-bond acceptors (Lipinski definition) is 2. The summed E-state index contributed by atoms with van der Waals surface area (Å²) in [5.74, 6) is -1.09. The Kier molecular flexibility index (Phi) is 4.78. The van der Waals surface area contributed by atoms with Crippen LogP contribution in [0.2, 0.25) is 0 Å². The molecule has 0 aromatic carbocycles. The van der Waals surface area contributed by atoms with Crippen LogP contribution in [0.1, 0.15) is 34.1 Å². The van der Waals surface area contributed by atoms with E-state index in [9.17, 15) is 9.59 Å². The third-order valence-corrected chi connectivity index (χ3v) is 3.18. The summed E-state index contributed by atoms with van der Waals surface area (Å²) in [7, 11) is 1.69. The number of rotatable bonds is 5. The number of hydrogen-bond donors (Lipinski definition) is 1. The monoisotopic (exact) mass is 215 g/mol. The smallest absolute Gasteiger partial charge is 0.310 e. The minimum Gasteiger partial charge on any atom is -0.481 e. The van der Waals surface area contributed by atoms with Crippen molar-refractivity contribution in [2.45, 2.75) is 34.1 Å². The number of carboxylic acids is 1. The molecule has 0 radical (unpaired) electrons. The normalized spacial score (nSPS) is 14.8. The van der Waals surface area contributed by atoms with Crippen molar-refractivity contribution in [3.63, 3.8) is 0 Å². The van der Waals surface area contributed by atoms with E-state index in [1.807, 2.05) is 20.8 Å². The zero-order chi connectivity index (χ0) is 12.2. The molecule has 0 aliphatic rings. The highest BCUT2D eigenvalue weighted by Crippen LogP contribution is 2.31. The van der Waals surface area contributed by atoms with Gasteiger partial charge in [-0.25, -0.2) is 0 Å². The van der Waals surface area contributed by atoms with Gasteiger partial charge < -0.3 is 10.0 Å². The summed E-state index contributed by atoms with van der Waals surface area (Å²) in [5, 5.41) is 9.14. The van der Waals surface area contributed by atoms with Crippen molar-refractivity contribution in [1.82, 2.24) is 4.90 Å². The van der Waals surface area contributed by atoms with Crippen LogP contribution in [0.3, 0.4) is 0 Å². The molecule has 0 aliphatic carbocycles. The first kappa shape index (κ1) is 13.9. The molecule has 0 bridgehead atoms. The lowest BCUT2D eigenvalue weighted by Gasteiger charge is -2.30. The number of amides is 1. The first-order valence-corrected chi connectivity index (χ1v) is 5.23. The van der Waals surface area contributed by atoms with Crippen LogP contribution in [0.15, 0.2) is 0 Å². The second-order valence-corrected chi connectivity index (χ2v) is 4.46. The molecule has 0 rings (SSSR count). The average molecular weight is 215 g/mol. The van der Waals surface area contributed by atoms with E-state index in [1.54, 1.807) is 18.9 Å². The van der Waals surface area contributed by atoms with Gasteiger partial charge >= 0.3 is 5.97 Å². The first-order valence-electron chi connectivity index (χ1n) is 5.23. The third-order valence-electron chi connectivity index (χ3n) is 3.18. The van der Waals surface area contributed by atoms with Crippen LogP contribution < -0.4 is 0 Å². The quantitative estimate of drug-likeness (QED) is 0.757. The second kappa shape index (κ2) is 5.14. The summed E-state index contributed by atoms with van der Waals surface area (Å²) >= 11 is 0. The molecule has 0 heterocycles. The Hall–Kier alpha value is -1.06. The maximum absolute atomic E-state index is 11.7. The largest absolute Gasteiger partial charge is 0.481 e. The highest BCUT2D eigenvalue weighted by molar-refractivity contribution is 5.84. The molecular formula is C11H21NO3. The predicted molar refractivity (Wildman–Crippen MR) is 58.5 cm³/mol. The van der Waals surface area contributed by atoms with Crippen LogP contribution in [0.5, 0.6) is 0 Å². The van der Waals surface area contributed by atoms with Gasteiger partial charge in [0.1, 0.15) is 0 Å². The molecule has 88 valence electrons. The number of nitrogens with zero attached hydrogens (tertiary/aromatic N) is 1. The lowest BCUT2D eigenvalue weighted by Crippen LogP contribution is -2.39. The zero-order valence-corrected chi connectivity index (χ0v) is 10.2. The number of carbonyl (C=O) groups excluding carboxylic acids is 1. The van der Waals surface area contributed by atoms with Gasteiger partial charge in [0.25, 0.3) is 0 Å². The van der Waals surface area contributed by atoms with Crippen LogP contribution >= 0.6 is 0 Å². The summed E-state index contributed by atoms with van der Waals surface area (Å²) < 4.78 is 0. The van der Waals surface area contributed by atoms with Gasteiger partial charge in [0.15, 0.2) is 0 Å². The Balaban J connectivity index is 4.71. The second-order valence-electron chi connectivity index (χ2n) is 4.46. The fraction of sp³-hybridized carbons (Fsp3) is 0.818. The van der Waals surface area contributed by atoms with Crippen LogP contribution in [0.25, 0.3) is 0 Å². The van der Waals surface area contributed by atoms with Crippen molar-refractivity contribution < 1.29 is 14.7 Å². The van der Waals surface area contributed by atoms with E-state index in [1.165, 1.54) is 0 Å². The van der Waals surface area contributed by atoms with E-state index >= 15 is 0 Å². The summed E-state index contributed by atoms with van der Waals surface area (Å²) in [6, 6.07) is 0. The molecule has 4 nitrogen and oxygen atoms in total. The Bertz CT molecular complexity index is 250. The molecule has 0 spiro atoms. The highest BCUT2D eigenvalue weighted by atomic mass is 16.4. The molecule has 0 fully saturated rings. The predicted octanol–water partition coefficient (Wildman–Crippen LogP) is 1.60. The van der Waals surface area contributed by atoms with Gasteiger partial charge in [-0.05, 0) is 19.8 Å².